The molecule has 1 aliphatic rings. The van der Waals surface area contributed by atoms with Crippen LogP contribution in [-0.4, -0.2) is 13.1 Å². The van der Waals surface area contributed by atoms with E-state index in [4.69, 9.17) is 0 Å². The smallest absolute Gasteiger partial charge is 0.0105 e. The van der Waals surface area contributed by atoms with Gasteiger partial charge < -0.3 is 5.32 Å². The Kier molecular flexibility index (Phi) is 2.60. The molecule has 76 valence electrons. The van der Waals surface area contributed by atoms with Gasteiger partial charge in [0.2, 0.25) is 0 Å². The van der Waals surface area contributed by atoms with E-state index in [2.05, 4.69) is 44.4 Å². The molecule has 0 heterocycles. The fraction of sp³-hybridized carbons (Fsp3) is 0.538. The number of likely N-dealkylation sites (N-methyl/N-ethyl adjacent to an activating group) is 1. The lowest BCUT2D eigenvalue weighted by atomic mass is 9.94. The molecule has 1 nitrogen and oxygen atoms in total. The first-order valence-corrected chi connectivity index (χ1v) is 5.49. The summed E-state index contributed by atoms with van der Waals surface area (Å²) < 4.78 is 0. The molecule has 0 radical (unpaired) electrons. The fourth-order valence-corrected chi connectivity index (χ4v) is 2.50. The highest BCUT2D eigenvalue weighted by atomic mass is 14.9. The summed E-state index contributed by atoms with van der Waals surface area (Å²) in [6, 6.07) is 7.49. The minimum absolute atomic E-state index is 0.596. The average molecular weight is 189 g/mol. The summed E-state index contributed by atoms with van der Waals surface area (Å²) >= 11 is 0. The lowest BCUT2D eigenvalue weighted by Crippen LogP contribution is -2.27. The maximum absolute atomic E-state index is 3.36. The molecule has 1 N–H and O–H groups in total. The molecule has 0 spiro atoms. The van der Waals surface area contributed by atoms with Gasteiger partial charge in [-0.25, -0.2) is 0 Å². The van der Waals surface area contributed by atoms with Crippen LogP contribution in [0.2, 0.25) is 0 Å². The van der Waals surface area contributed by atoms with Crippen molar-refractivity contribution < 1.29 is 0 Å². The summed E-state index contributed by atoms with van der Waals surface area (Å²) in [5.74, 6) is 0.718. The molecule has 1 aromatic rings. The molecule has 2 rings (SSSR count). The van der Waals surface area contributed by atoms with E-state index in [1.165, 1.54) is 18.4 Å². The van der Waals surface area contributed by atoms with Gasteiger partial charge in [-0.05, 0) is 50.8 Å². The van der Waals surface area contributed by atoms with Crippen LogP contribution in [0.4, 0.5) is 0 Å². The van der Waals surface area contributed by atoms with Crippen LogP contribution in [-0.2, 0) is 6.42 Å². The maximum atomic E-state index is 3.36. The predicted octanol–water partition coefficient (Wildman–Crippen LogP) is 2.63. The summed E-state index contributed by atoms with van der Waals surface area (Å²) in [7, 11) is 2.05. The van der Waals surface area contributed by atoms with E-state index in [0.29, 0.717) is 6.04 Å². The van der Waals surface area contributed by atoms with Gasteiger partial charge in [-0.2, -0.15) is 0 Å². The highest BCUT2D eigenvalue weighted by molar-refractivity contribution is 5.38. The average Bonchev–Trinajstić information content (AvgIpc) is 2.59. The second-order valence-corrected chi connectivity index (χ2v) is 4.42. The molecule has 0 saturated carbocycles. The lowest BCUT2D eigenvalue weighted by molar-refractivity contribution is 0.492. The summed E-state index contributed by atoms with van der Waals surface area (Å²) in [4.78, 5) is 0. The number of benzene rings is 1. The van der Waals surface area contributed by atoms with E-state index in [1.807, 2.05) is 0 Å². The van der Waals surface area contributed by atoms with Crippen LogP contribution in [0, 0.1) is 6.92 Å². The summed E-state index contributed by atoms with van der Waals surface area (Å²) in [5.41, 5.74) is 4.52. The van der Waals surface area contributed by atoms with Gasteiger partial charge in [-0.1, -0.05) is 23.8 Å². The fourth-order valence-electron chi connectivity index (χ4n) is 2.50. The third-order valence-electron chi connectivity index (χ3n) is 3.48. The van der Waals surface area contributed by atoms with Crippen molar-refractivity contribution >= 4 is 0 Å². The van der Waals surface area contributed by atoms with Gasteiger partial charge in [0, 0.05) is 6.04 Å². The van der Waals surface area contributed by atoms with Crippen molar-refractivity contribution in [1.82, 2.24) is 5.32 Å². The van der Waals surface area contributed by atoms with Crippen LogP contribution in [0.15, 0.2) is 18.2 Å². The van der Waals surface area contributed by atoms with Crippen molar-refractivity contribution in [3.05, 3.63) is 34.9 Å². The molecule has 0 amide bonds. The summed E-state index contributed by atoms with van der Waals surface area (Å²) in [6.07, 6.45) is 2.56. The van der Waals surface area contributed by atoms with Gasteiger partial charge in [0.05, 0.1) is 0 Å². The van der Waals surface area contributed by atoms with Gasteiger partial charge >= 0.3 is 0 Å². The number of rotatable bonds is 2. The van der Waals surface area contributed by atoms with Crippen molar-refractivity contribution in [2.45, 2.75) is 38.6 Å². The topological polar surface area (TPSA) is 12.0 Å². The minimum atomic E-state index is 0.596. The molecular weight excluding hydrogens is 170 g/mol. The largest absolute Gasteiger partial charge is 0.317 e. The number of nitrogens with one attached hydrogen (secondary N) is 1. The van der Waals surface area contributed by atoms with Crippen molar-refractivity contribution in [3.8, 4) is 0 Å². The van der Waals surface area contributed by atoms with E-state index in [0.717, 1.165) is 5.92 Å². The zero-order chi connectivity index (χ0) is 10.1. The Morgan fingerprint density at radius 1 is 1.43 bits per heavy atom. The summed E-state index contributed by atoms with van der Waals surface area (Å²) in [6.45, 7) is 4.45. The van der Waals surface area contributed by atoms with Gasteiger partial charge in [-0.3, -0.25) is 0 Å². The van der Waals surface area contributed by atoms with Crippen molar-refractivity contribution in [2.24, 2.45) is 0 Å². The van der Waals surface area contributed by atoms with E-state index in [-0.39, 0.29) is 0 Å². The van der Waals surface area contributed by atoms with Crippen LogP contribution in [0.1, 0.15) is 36.0 Å². The molecule has 1 heteroatoms. The van der Waals surface area contributed by atoms with Crippen LogP contribution in [0.5, 0.6) is 0 Å². The van der Waals surface area contributed by atoms with Crippen LogP contribution in [0.3, 0.4) is 0 Å². The summed E-state index contributed by atoms with van der Waals surface area (Å²) in [5, 5.41) is 3.36. The monoisotopic (exact) mass is 189 g/mol. The zero-order valence-electron chi connectivity index (χ0n) is 9.30. The Hall–Kier alpha value is -0.820. The first kappa shape index (κ1) is 9.72. The molecule has 14 heavy (non-hydrogen) atoms. The number of aryl methyl sites for hydroxylation is 2. The Labute approximate surface area is 86.5 Å². The Bertz CT molecular complexity index is 330. The standard InChI is InChI=1S/C13H19N/c1-9-4-6-13-11(8-9)5-7-12(13)10(2)14-3/h4,6,8,10,12,14H,5,7H2,1-3H3. The second-order valence-electron chi connectivity index (χ2n) is 4.42. The van der Waals surface area contributed by atoms with Gasteiger partial charge in [0.1, 0.15) is 0 Å². The van der Waals surface area contributed by atoms with E-state index >= 15 is 0 Å². The van der Waals surface area contributed by atoms with Crippen molar-refractivity contribution in [2.75, 3.05) is 7.05 Å². The molecule has 0 bridgehead atoms. The number of hydrogen-bond acceptors (Lipinski definition) is 1. The maximum Gasteiger partial charge on any atom is 0.0105 e. The molecule has 0 fully saturated rings. The molecular formula is C13H19N. The van der Waals surface area contributed by atoms with E-state index in [9.17, 15) is 0 Å². The van der Waals surface area contributed by atoms with Crippen LogP contribution >= 0.6 is 0 Å². The number of hydrogen-bond donors (Lipinski definition) is 1. The normalized spacial score (nSPS) is 22.1. The highest BCUT2D eigenvalue weighted by Crippen LogP contribution is 2.35. The molecule has 1 aliphatic carbocycles. The molecule has 2 atom stereocenters. The van der Waals surface area contributed by atoms with Crippen molar-refractivity contribution in [1.29, 1.82) is 0 Å². The lowest BCUT2D eigenvalue weighted by Gasteiger charge is -2.19. The molecule has 0 aliphatic heterocycles. The van der Waals surface area contributed by atoms with Gasteiger partial charge in [-0.15, -0.1) is 0 Å². The molecule has 0 aromatic heterocycles. The van der Waals surface area contributed by atoms with E-state index in [1.54, 1.807) is 11.1 Å². The Morgan fingerprint density at radius 2 is 2.21 bits per heavy atom. The quantitative estimate of drug-likeness (QED) is 0.754. The Balaban J connectivity index is 2.31. The molecule has 2 unspecified atom stereocenters. The first-order chi connectivity index (χ1) is 6.72. The first-order valence-electron chi connectivity index (χ1n) is 5.49. The van der Waals surface area contributed by atoms with Gasteiger partial charge in [0.15, 0.2) is 0 Å². The van der Waals surface area contributed by atoms with Gasteiger partial charge in [0.25, 0.3) is 0 Å². The Morgan fingerprint density at radius 3 is 2.93 bits per heavy atom. The van der Waals surface area contributed by atoms with Crippen molar-refractivity contribution in [3.63, 3.8) is 0 Å². The third kappa shape index (κ3) is 1.57. The second kappa shape index (κ2) is 3.74. The molecule has 1 aromatic carbocycles. The predicted molar refractivity (Wildman–Crippen MR) is 60.8 cm³/mol. The number of fused-ring (bicyclic) bond motifs is 1. The third-order valence-corrected chi connectivity index (χ3v) is 3.48. The minimum Gasteiger partial charge on any atom is -0.317 e. The van der Waals surface area contributed by atoms with E-state index < -0.39 is 0 Å². The highest BCUT2D eigenvalue weighted by Gasteiger charge is 2.25. The zero-order valence-corrected chi connectivity index (χ0v) is 9.30. The SMILES string of the molecule is CNC(C)C1CCc2cc(C)ccc21. The molecule has 0 saturated heterocycles. The van der Waals surface area contributed by atoms with Crippen LogP contribution in [0.25, 0.3) is 0 Å². The van der Waals surface area contributed by atoms with Crippen LogP contribution < -0.4 is 5.32 Å².